The highest BCUT2D eigenvalue weighted by atomic mass is 32.2. The van der Waals surface area contributed by atoms with Crippen LogP contribution in [0.3, 0.4) is 0 Å². The summed E-state index contributed by atoms with van der Waals surface area (Å²) in [5.41, 5.74) is 1.58. The first kappa shape index (κ1) is 17.3. The number of rotatable bonds is 6. The van der Waals surface area contributed by atoms with Crippen LogP contribution in [-0.4, -0.2) is 37.9 Å². The summed E-state index contributed by atoms with van der Waals surface area (Å²) in [7, 11) is 1.28. The number of ether oxygens (including phenoxy) is 3. The molecule has 0 saturated heterocycles. The number of aromatic nitrogens is 1. The van der Waals surface area contributed by atoms with Crippen molar-refractivity contribution in [3.63, 3.8) is 0 Å². The number of hydrogen-bond donors (Lipinski definition) is 0. The molecule has 0 saturated carbocycles. The summed E-state index contributed by atoms with van der Waals surface area (Å²) in [6, 6.07) is 8.40. The zero-order valence-corrected chi connectivity index (χ0v) is 14.2. The maximum Gasteiger partial charge on any atom is 0.339 e. The number of nitrogens with zero attached hydrogens (tertiary/aromatic N) is 2. The van der Waals surface area contributed by atoms with Crippen LogP contribution >= 0.6 is 0 Å². The number of fused-ring (bicyclic) bond motifs is 1. The van der Waals surface area contributed by atoms with Gasteiger partial charge in [-0.1, -0.05) is 6.07 Å². The monoisotopic (exact) mass is 363 g/mol. The van der Waals surface area contributed by atoms with E-state index in [1.165, 1.54) is 17.6 Å². The van der Waals surface area contributed by atoms with Crippen LogP contribution in [0.25, 0.3) is 0 Å². The van der Waals surface area contributed by atoms with Crippen molar-refractivity contribution in [3.8, 4) is 11.5 Å². The van der Waals surface area contributed by atoms with E-state index in [2.05, 4.69) is 9.72 Å². The molecule has 0 bridgehead atoms. The normalized spacial score (nSPS) is 13.7. The summed E-state index contributed by atoms with van der Waals surface area (Å²) >= 11 is -2.44. The molecule has 2 aromatic rings. The van der Waals surface area contributed by atoms with Crippen molar-refractivity contribution in [2.24, 2.45) is 0 Å². The third kappa shape index (κ3) is 4.13. The quantitative estimate of drug-likeness (QED) is 0.565. The minimum atomic E-state index is -2.44. The van der Waals surface area contributed by atoms with Crippen LogP contribution in [0.4, 0.5) is 0 Å². The largest absolute Gasteiger partial charge is 0.760 e. The first-order valence-electron chi connectivity index (χ1n) is 7.33. The molecule has 0 spiro atoms. The molecule has 0 N–H and O–H groups in total. The lowest BCUT2D eigenvalue weighted by molar-refractivity contribution is 0.0600. The lowest BCUT2D eigenvalue weighted by Gasteiger charge is -2.24. The standard InChI is InChI=1S/C16H16N2O6S/c1-22-16(19)12-3-4-13(17-7-12)9-18(25(20)21)8-11-2-5-14-15(6-11)24-10-23-14/h2-7H,8-10H2,1H3,(H,20,21)/p-1. The fourth-order valence-corrected chi connectivity index (χ4v) is 2.83. The Labute approximate surface area is 146 Å². The maximum absolute atomic E-state index is 11.5. The Morgan fingerprint density at radius 3 is 2.76 bits per heavy atom. The van der Waals surface area contributed by atoms with Gasteiger partial charge in [0.25, 0.3) is 0 Å². The fraction of sp³-hybridized carbons (Fsp3) is 0.250. The lowest BCUT2D eigenvalue weighted by Crippen LogP contribution is -2.25. The second kappa shape index (κ2) is 7.60. The molecule has 2 heterocycles. The van der Waals surface area contributed by atoms with E-state index < -0.39 is 17.2 Å². The molecule has 1 aromatic carbocycles. The lowest BCUT2D eigenvalue weighted by atomic mass is 10.2. The highest BCUT2D eigenvalue weighted by molar-refractivity contribution is 7.76. The Balaban J connectivity index is 1.71. The van der Waals surface area contributed by atoms with Crippen LogP contribution in [0.2, 0.25) is 0 Å². The van der Waals surface area contributed by atoms with Crippen molar-refractivity contribution in [2.45, 2.75) is 13.1 Å². The van der Waals surface area contributed by atoms with Gasteiger partial charge in [-0.15, -0.1) is 0 Å². The van der Waals surface area contributed by atoms with Crippen LogP contribution < -0.4 is 9.47 Å². The Kier molecular flexibility index (Phi) is 5.27. The van der Waals surface area contributed by atoms with Crippen LogP contribution in [0.15, 0.2) is 36.5 Å². The van der Waals surface area contributed by atoms with Crippen molar-refractivity contribution < 1.29 is 27.8 Å². The Hall–Kier alpha value is -2.49. The molecule has 0 fully saturated rings. The molecule has 25 heavy (non-hydrogen) atoms. The SMILES string of the molecule is COC(=O)c1ccc(CN(Cc2ccc3c(c2)OCO3)S(=O)[O-])nc1. The van der Waals surface area contributed by atoms with E-state index in [4.69, 9.17) is 9.47 Å². The minimum Gasteiger partial charge on any atom is -0.760 e. The van der Waals surface area contributed by atoms with Crippen molar-refractivity contribution in [2.75, 3.05) is 13.9 Å². The molecule has 3 rings (SSSR count). The first-order chi connectivity index (χ1) is 12.1. The van der Waals surface area contributed by atoms with Gasteiger partial charge >= 0.3 is 5.97 Å². The number of carbonyl (C=O) groups excluding carboxylic acids is 1. The molecule has 1 atom stereocenters. The average Bonchev–Trinajstić information content (AvgIpc) is 3.08. The summed E-state index contributed by atoms with van der Waals surface area (Å²) in [6.07, 6.45) is 1.35. The zero-order valence-electron chi connectivity index (χ0n) is 13.3. The molecule has 0 amide bonds. The van der Waals surface area contributed by atoms with E-state index in [0.717, 1.165) is 5.56 Å². The van der Waals surface area contributed by atoms with Crippen molar-refractivity contribution in [1.29, 1.82) is 0 Å². The second-order valence-electron chi connectivity index (χ2n) is 5.23. The van der Waals surface area contributed by atoms with Crippen molar-refractivity contribution in [3.05, 3.63) is 53.3 Å². The van der Waals surface area contributed by atoms with E-state index in [1.807, 2.05) is 0 Å². The topological polar surface area (TPSA) is 101 Å². The molecule has 9 heteroatoms. The number of esters is 1. The van der Waals surface area contributed by atoms with E-state index in [-0.39, 0.29) is 19.9 Å². The van der Waals surface area contributed by atoms with Crippen LogP contribution in [0.5, 0.6) is 11.5 Å². The predicted molar refractivity (Wildman–Crippen MR) is 86.3 cm³/mol. The highest BCUT2D eigenvalue weighted by Gasteiger charge is 2.16. The molecule has 1 aromatic heterocycles. The number of carbonyl (C=O) groups is 1. The molecule has 0 radical (unpaired) electrons. The molecular weight excluding hydrogens is 348 g/mol. The molecule has 1 unspecified atom stereocenters. The van der Waals surface area contributed by atoms with Crippen LogP contribution in [0.1, 0.15) is 21.6 Å². The van der Waals surface area contributed by atoms with E-state index in [1.54, 1.807) is 30.3 Å². The number of methoxy groups -OCH3 is 1. The van der Waals surface area contributed by atoms with Crippen molar-refractivity contribution in [1.82, 2.24) is 9.29 Å². The maximum atomic E-state index is 11.5. The van der Waals surface area contributed by atoms with Gasteiger partial charge in [-0.2, -0.15) is 0 Å². The summed E-state index contributed by atoms with van der Waals surface area (Å²) in [5.74, 6) is 0.733. The van der Waals surface area contributed by atoms with Gasteiger partial charge in [0.05, 0.1) is 24.9 Å². The summed E-state index contributed by atoms with van der Waals surface area (Å²) in [5, 5.41) is 0. The third-order valence-corrected chi connectivity index (χ3v) is 4.27. The summed E-state index contributed by atoms with van der Waals surface area (Å²) in [4.78, 5) is 15.5. The summed E-state index contributed by atoms with van der Waals surface area (Å²) in [6.45, 7) is 0.394. The zero-order chi connectivity index (χ0) is 17.8. The van der Waals surface area contributed by atoms with Gasteiger partial charge in [-0.05, 0) is 29.8 Å². The van der Waals surface area contributed by atoms with E-state index in [9.17, 15) is 13.6 Å². The van der Waals surface area contributed by atoms with E-state index >= 15 is 0 Å². The van der Waals surface area contributed by atoms with Gasteiger partial charge in [0.1, 0.15) is 0 Å². The fourth-order valence-electron chi connectivity index (χ4n) is 2.34. The average molecular weight is 363 g/mol. The van der Waals surface area contributed by atoms with Gasteiger partial charge in [-0.25, -0.2) is 9.10 Å². The molecule has 1 aliphatic heterocycles. The third-order valence-electron chi connectivity index (χ3n) is 3.59. The van der Waals surface area contributed by atoms with Crippen LogP contribution in [-0.2, 0) is 29.1 Å². The molecule has 132 valence electrons. The number of pyridine rings is 1. The van der Waals surface area contributed by atoms with Crippen molar-refractivity contribution >= 4 is 17.2 Å². The molecule has 1 aliphatic rings. The molecule has 0 aliphatic carbocycles. The smallest absolute Gasteiger partial charge is 0.339 e. The van der Waals surface area contributed by atoms with Gasteiger partial charge in [0.15, 0.2) is 11.5 Å². The highest BCUT2D eigenvalue weighted by Crippen LogP contribution is 2.32. The number of hydrogen-bond acceptors (Lipinski definition) is 7. The second-order valence-corrected chi connectivity index (χ2v) is 6.18. The van der Waals surface area contributed by atoms with E-state index in [0.29, 0.717) is 22.8 Å². The Morgan fingerprint density at radius 2 is 2.08 bits per heavy atom. The molecular formula is C16H15N2O6S-. The Bertz CT molecular complexity index is 796. The predicted octanol–water partition coefficient (Wildman–Crippen LogP) is 1.39. The number of benzene rings is 1. The van der Waals surface area contributed by atoms with Gasteiger partial charge < -0.3 is 18.8 Å². The van der Waals surface area contributed by atoms with Gasteiger partial charge in [0.2, 0.25) is 6.79 Å². The van der Waals surface area contributed by atoms with Gasteiger partial charge in [-0.3, -0.25) is 9.19 Å². The van der Waals surface area contributed by atoms with Gasteiger partial charge in [0, 0.05) is 24.0 Å². The van der Waals surface area contributed by atoms with Crippen LogP contribution in [0, 0.1) is 0 Å². The summed E-state index contributed by atoms with van der Waals surface area (Å²) < 4.78 is 39.4. The first-order valence-corrected chi connectivity index (χ1v) is 8.36. The molecule has 8 nitrogen and oxygen atoms in total. The minimum absolute atomic E-state index is 0.0754. The Morgan fingerprint density at radius 1 is 1.28 bits per heavy atom.